The summed E-state index contributed by atoms with van der Waals surface area (Å²) in [6, 6.07) is 2.75. The van der Waals surface area contributed by atoms with Crippen molar-refractivity contribution in [3.8, 4) is 0 Å². The number of likely N-dealkylation sites (N-methyl/N-ethyl adjacent to an activating group) is 1. The Balaban J connectivity index is 2.17. The summed E-state index contributed by atoms with van der Waals surface area (Å²) in [5.41, 5.74) is 2.31. The molecular formula is C11H14N2O. The first-order valence-electron chi connectivity index (χ1n) is 5.13. The number of aromatic nitrogens is 1. The standard InChI is InChI=1S/C11H14N2O/c1-13-9-2-3-10(13)11(14)7-4-5-12-6-8(7)9/h4-6,9-11,14H,2-3H2,1H3. The van der Waals surface area contributed by atoms with Crippen molar-refractivity contribution >= 4 is 0 Å². The molecule has 1 saturated heterocycles. The predicted octanol–water partition coefficient (Wildman–Crippen LogP) is 1.26. The molecule has 3 heterocycles. The Hall–Kier alpha value is -0.930. The van der Waals surface area contributed by atoms with Crippen LogP contribution in [0.1, 0.15) is 36.1 Å². The van der Waals surface area contributed by atoms with E-state index in [1.54, 1.807) is 6.20 Å². The van der Waals surface area contributed by atoms with Crippen LogP contribution in [-0.4, -0.2) is 28.1 Å². The van der Waals surface area contributed by atoms with Crippen LogP contribution in [0.15, 0.2) is 18.5 Å². The zero-order valence-electron chi connectivity index (χ0n) is 8.22. The molecule has 14 heavy (non-hydrogen) atoms. The van der Waals surface area contributed by atoms with Gasteiger partial charge in [0.1, 0.15) is 0 Å². The van der Waals surface area contributed by atoms with Gasteiger partial charge in [0.25, 0.3) is 0 Å². The Labute approximate surface area is 83.4 Å². The van der Waals surface area contributed by atoms with Gasteiger partial charge in [-0.15, -0.1) is 0 Å². The van der Waals surface area contributed by atoms with Crippen molar-refractivity contribution in [1.29, 1.82) is 0 Å². The van der Waals surface area contributed by atoms with Crippen molar-refractivity contribution in [2.24, 2.45) is 0 Å². The average molecular weight is 190 g/mol. The van der Waals surface area contributed by atoms with Crippen molar-refractivity contribution < 1.29 is 5.11 Å². The Morgan fingerprint density at radius 2 is 2.29 bits per heavy atom. The third-order valence-corrected chi connectivity index (χ3v) is 3.68. The van der Waals surface area contributed by atoms with Crippen LogP contribution in [0.5, 0.6) is 0 Å². The van der Waals surface area contributed by atoms with Crippen LogP contribution < -0.4 is 0 Å². The molecule has 0 saturated carbocycles. The average Bonchev–Trinajstić information content (AvgIpc) is 2.51. The molecule has 0 amide bonds. The fourth-order valence-corrected chi connectivity index (χ4v) is 2.89. The zero-order valence-corrected chi connectivity index (χ0v) is 8.22. The molecule has 3 rings (SSSR count). The number of nitrogens with zero attached hydrogens (tertiary/aromatic N) is 2. The second-order valence-corrected chi connectivity index (χ2v) is 4.28. The minimum absolute atomic E-state index is 0.315. The molecule has 0 aromatic carbocycles. The molecule has 3 atom stereocenters. The van der Waals surface area contributed by atoms with Gasteiger partial charge in [-0.3, -0.25) is 9.88 Å². The van der Waals surface area contributed by atoms with E-state index in [0.29, 0.717) is 12.1 Å². The minimum Gasteiger partial charge on any atom is -0.387 e. The first-order chi connectivity index (χ1) is 6.79. The summed E-state index contributed by atoms with van der Waals surface area (Å²) in [6.07, 6.45) is 5.60. The van der Waals surface area contributed by atoms with Gasteiger partial charge in [0.2, 0.25) is 0 Å². The quantitative estimate of drug-likeness (QED) is 0.669. The zero-order chi connectivity index (χ0) is 9.71. The number of aliphatic hydroxyl groups is 1. The summed E-state index contributed by atoms with van der Waals surface area (Å²) in [6.45, 7) is 0. The third kappa shape index (κ3) is 0.913. The molecule has 1 fully saturated rings. The van der Waals surface area contributed by atoms with Crippen molar-refractivity contribution in [3.63, 3.8) is 0 Å². The molecular weight excluding hydrogens is 176 g/mol. The third-order valence-electron chi connectivity index (χ3n) is 3.68. The molecule has 0 radical (unpaired) electrons. The molecule has 3 nitrogen and oxygen atoms in total. The van der Waals surface area contributed by atoms with Crippen molar-refractivity contribution in [2.75, 3.05) is 7.05 Å². The van der Waals surface area contributed by atoms with Gasteiger partial charge in [0.15, 0.2) is 0 Å². The van der Waals surface area contributed by atoms with Gasteiger partial charge in [-0.05, 0) is 37.1 Å². The van der Waals surface area contributed by atoms with E-state index in [4.69, 9.17) is 0 Å². The number of aliphatic hydroxyl groups excluding tert-OH is 1. The Morgan fingerprint density at radius 1 is 1.43 bits per heavy atom. The van der Waals surface area contributed by atoms with Crippen LogP contribution in [0.2, 0.25) is 0 Å². The summed E-state index contributed by atoms with van der Waals surface area (Å²) >= 11 is 0. The highest BCUT2D eigenvalue weighted by molar-refractivity contribution is 5.34. The molecule has 3 unspecified atom stereocenters. The topological polar surface area (TPSA) is 36.4 Å². The smallest absolute Gasteiger partial charge is 0.0949 e. The van der Waals surface area contributed by atoms with Gasteiger partial charge in [-0.25, -0.2) is 0 Å². The fourth-order valence-electron chi connectivity index (χ4n) is 2.89. The highest BCUT2D eigenvalue weighted by Crippen LogP contribution is 2.46. The highest BCUT2D eigenvalue weighted by atomic mass is 16.3. The van der Waals surface area contributed by atoms with Crippen molar-refractivity contribution in [3.05, 3.63) is 29.6 Å². The number of pyridine rings is 1. The van der Waals surface area contributed by atoms with Gasteiger partial charge in [-0.2, -0.15) is 0 Å². The van der Waals surface area contributed by atoms with Crippen LogP contribution in [0.25, 0.3) is 0 Å². The molecule has 1 aromatic rings. The van der Waals surface area contributed by atoms with E-state index in [2.05, 4.69) is 16.9 Å². The van der Waals surface area contributed by atoms with Gasteiger partial charge >= 0.3 is 0 Å². The second-order valence-electron chi connectivity index (χ2n) is 4.28. The lowest BCUT2D eigenvalue weighted by atomic mass is 9.93. The Morgan fingerprint density at radius 3 is 3.14 bits per heavy atom. The number of rotatable bonds is 0. The molecule has 3 heteroatoms. The SMILES string of the molecule is CN1C2CCC1C(O)c1ccncc12. The number of fused-ring (bicyclic) bond motifs is 4. The van der Waals surface area contributed by atoms with E-state index >= 15 is 0 Å². The van der Waals surface area contributed by atoms with E-state index in [1.165, 1.54) is 5.56 Å². The minimum atomic E-state index is -0.322. The molecule has 1 aromatic heterocycles. The second kappa shape index (κ2) is 2.78. The predicted molar refractivity (Wildman–Crippen MR) is 52.7 cm³/mol. The fraction of sp³-hybridized carbons (Fsp3) is 0.545. The van der Waals surface area contributed by atoms with Gasteiger partial charge in [0.05, 0.1) is 6.10 Å². The lowest BCUT2D eigenvalue weighted by Gasteiger charge is -2.36. The van der Waals surface area contributed by atoms with Crippen LogP contribution in [-0.2, 0) is 0 Å². The molecule has 2 aliphatic heterocycles. The maximum atomic E-state index is 10.1. The number of hydrogen-bond acceptors (Lipinski definition) is 3. The van der Waals surface area contributed by atoms with Crippen molar-refractivity contribution in [1.82, 2.24) is 9.88 Å². The maximum absolute atomic E-state index is 10.1. The van der Waals surface area contributed by atoms with E-state index < -0.39 is 0 Å². The monoisotopic (exact) mass is 190 g/mol. The van der Waals surface area contributed by atoms with Gasteiger partial charge in [0, 0.05) is 24.5 Å². The molecule has 2 aliphatic rings. The molecule has 0 aliphatic carbocycles. The molecule has 2 bridgehead atoms. The lowest BCUT2D eigenvalue weighted by Crippen LogP contribution is -2.37. The largest absolute Gasteiger partial charge is 0.387 e. The maximum Gasteiger partial charge on any atom is 0.0949 e. The molecule has 1 N–H and O–H groups in total. The summed E-state index contributed by atoms with van der Waals surface area (Å²) in [5, 5.41) is 10.1. The van der Waals surface area contributed by atoms with E-state index in [0.717, 1.165) is 18.4 Å². The molecule has 0 spiro atoms. The van der Waals surface area contributed by atoms with E-state index in [1.807, 2.05) is 12.3 Å². The molecule has 74 valence electrons. The summed E-state index contributed by atoms with van der Waals surface area (Å²) in [4.78, 5) is 6.43. The van der Waals surface area contributed by atoms with Crippen LogP contribution in [0.4, 0.5) is 0 Å². The van der Waals surface area contributed by atoms with Gasteiger partial charge in [-0.1, -0.05) is 0 Å². The van der Waals surface area contributed by atoms with E-state index in [-0.39, 0.29) is 6.10 Å². The Bertz CT molecular complexity index is 366. The summed E-state index contributed by atoms with van der Waals surface area (Å²) in [7, 11) is 2.10. The van der Waals surface area contributed by atoms with Crippen LogP contribution >= 0.6 is 0 Å². The first-order valence-corrected chi connectivity index (χ1v) is 5.13. The number of hydrogen-bond donors (Lipinski definition) is 1. The highest BCUT2D eigenvalue weighted by Gasteiger charge is 2.42. The van der Waals surface area contributed by atoms with Crippen LogP contribution in [0, 0.1) is 0 Å². The Kier molecular flexibility index (Phi) is 1.66. The van der Waals surface area contributed by atoms with E-state index in [9.17, 15) is 5.11 Å². The normalized spacial score (nSPS) is 35.7. The lowest BCUT2D eigenvalue weighted by molar-refractivity contribution is 0.0555. The van der Waals surface area contributed by atoms with Crippen LogP contribution in [0.3, 0.4) is 0 Å². The van der Waals surface area contributed by atoms with Gasteiger partial charge < -0.3 is 5.11 Å². The summed E-state index contributed by atoms with van der Waals surface area (Å²) in [5.74, 6) is 0. The van der Waals surface area contributed by atoms with Crippen molar-refractivity contribution in [2.45, 2.75) is 31.0 Å². The first kappa shape index (κ1) is 8.38. The summed E-state index contributed by atoms with van der Waals surface area (Å²) < 4.78 is 0.